The molecule has 0 N–H and O–H groups in total. The molecule has 1 amide bonds. The van der Waals surface area contributed by atoms with Gasteiger partial charge in [0.05, 0.1) is 24.8 Å². The highest BCUT2D eigenvalue weighted by molar-refractivity contribution is 5.95. The summed E-state index contributed by atoms with van der Waals surface area (Å²) in [6.45, 7) is 4.85. The van der Waals surface area contributed by atoms with Gasteiger partial charge in [-0.3, -0.25) is 9.59 Å². The maximum Gasteiger partial charge on any atom is 0.309 e. The number of piperidine rings is 1. The quantitative estimate of drug-likeness (QED) is 0.522. The molecule has 1 saturated heterocycles. The fourth-order valence-corrected chi connectivity index (χ4v) is 4.98. The third-order valence-electron chi connectivity index (χ3n) is 6.92. The van der Waals surface area contributed by atoms with Crippen molar-refractivity contribution in [3.8, 4) is 11.1 Å². The van der Waals surface area contributed by atoms with Crippen molar-refractivity contribution < 1.29 is 14.3 Å². The molecule has 3 aromatic rings. The number of esters is 1. The molecule has 0 aliphatic carbocycles. The predicted octanol–water partition coefficient (Wildman–Crippen LogP) is 4.12. The van der Waals surface area contributed by atoms with Crippen LogP contribution in [0.3, 0.4) is 0 Å². The summed E-state index contributed by atoms with van der Waals surface area (Å²) in [5, 5.41) is 0. The van der Waals surface area contributed by atoms with E-state index in [4.69, 9.17) is 4.74 Å². The van der Waals surface area contributed by atoms with Gasteiger partial charge in [-0.25, -0.2) is 9.97 Å². The number of fused-ring (bicyclic) bond motifs is 1. The number of amides is 1. The molecule has 180 valence electrons. The van der Waals surface area contributed by atoms with Crippen LogP contribution in [0, 0.1) is 5.92 Å². The summed E-state index contributed by atoms with van der Waals surface area (Å²) in [4.78, 5) is 38.7. The Morgan fingerprint density at radius 2 is 1.66 bits per heavy atom. The first-order chi connectivity index (χ1) is 17.1. The van der Waals surface area contributed by atoms with Crippen LogP contribution in [-0.2, 0) is 22.5 Å². The molecule has 0 bridgehead atoms. The third kappa shape index (κ3) is 4.90. The molecule has 2 aliphatic rings. The van der Waals surface area contributed by atoms with E-state index in [-0.39, 0.29) is 17.8 Å². The lowest BCUT2D eigenvalue weighted by Gasteiger charge is -2.35. The first kappa shape index (κ1) is 23.0. The minimum Gasteiger partial charge on any atom is -0.466 e. The molecule has 3 heterocycles. The van der Waals surface area contributed by atoms with Gasteiger partial charge in [-0.15, -0.1) is 0 Å². The van der Waals surface area contributed by atoms with Gasteiger partial charge in [-0.2, -0.15) is 0 Å². The van der Waals surface area contributed by atoms with Crippen LogP contribution in [0.4, 0.5) is 5.82 Å². The number of ether oxygens (including phenoxy) is 1. The van der Waals surface area contributed by atoms with Crippen molar-refractivity contribution in [1.29, 1.82) is 0 Å². The van der Waals surface area contributed by atoms with Crippen LogP contribution < -0.4 is 4.90 Å². The number of hydrogen-bond acceptors (Lipinski definition) is 6. The zero-order chi connectivity index (χ0) is 24.2. The molecule has 5 rings (SSSR count). The van der Waals surface area contributed by atoms with Crippen molar-refractivity contribution >= 4 is 17.7 Å². The Balaban J connectivity index is 1.29. The lowest BCUT2D eigenvalue weighted by Crippen LogP contribution is -2.41. The van der Waals surface area contributed by atoms with Crippen LogP contribution in [0.2, 0.25) is 0 Å². The molecule has 0 spiro atoms. The smallest absolute Gasteiger partial charge is 0.309 e. The Morgan fingerprint density at radius 1 is 0.943 bits per heavy atom. The van der Waals surface area contributed by atoms with Gasteiger partial charge in [-0.05, 0) is 43.0 Å². The van der Waals surface area contributed by atoms with E-state index >= 15 is 0 Å². The van der Waals surface area contributed by atoms with Crippen molar-refractivity contribution in [2.75, 3.05) is 31.1 Å². The Kier molecular flexibility index (Phi) is 6.75. The Hall–Kier alpha value is -3.74. The van der Waals surface area contributed by atoms with Crippen molar-refractivity contribution in [1.82, 2.24) is 14.9 Å². The second-order valence-corrected chi connectivity index (χ2v) is 9.06. The number of anilines is 1. The summed E-state index contributed by atoms with van der Waals surface area (Å²) in [7, 11) is 0. The first-order valence-corrected chi connectivity index (χ1v) is 12.3. The van der Waals surface area contributed by atoms with E-state index in [0.29, 0.717) is 31.7 Å². The lowest BCUT2D eigenvalue weighted by molar-refractivity contribution is -0.148. The van der Waals surface area contributed by atoms with Crippen molar-refractivity contribution in [3.63, 3.8) is 0 Å². The number of carbonyl (C=O) groups excluding carboxylic acids is 2. The molecule has 2 aliphatic heterocycles. The fourth-order valence-electron chi connectivity index (χ4n) is 4.98. The molecule has 1 aromatic heterocycles. The standard InChI is InChI=1S/C28H30N4O3/c1-2-35-28(34)23-12-15-31(16-13-23)26-24-18-32(17-14-25(24)29-19-30-26)27(33)22-10-8-21(9-11-22)20-6-4-3-5-7-20/h3-11,19,23H,2,12-18H2,1H3. The third-order valence-corrected chi connectivity index (χ3v) is 6.92. The monoisotopic (exact) mass is 470 g/mol. The van der Waals surface area contributed by atoms with Gasteiger partial charge in [0, 0.05) is 37.2 Å². The maximum absolute atomic E-state index is 13.3. The zero-order valence-electron chi connectivity index (χ0n) is 20.0. The zero-order valence-corrected chi connectivity index (χ0v) is 20.0. The van der Waals surface area contributed by atoms with E-state index in [2.05, 4.69) is 27.0 Å². The van der Waals surface area contributed by atoms with Gasteiger partial charge in [0.15, 0.2) is 0 Å². The Bertz CT molecular complexity index is 1190. The first-order valence-electron chi connectivity index (χ1n) is 12.3. The summed E-state index contributed by atoms with van der Waals surface area (Å²) in [6, 6.07) is 18.0. The fraction of sp³-hybridized carbons (Fsp3) is 0.357. The van der Waals surface area contributed by atoms with Crippen LogP contribution in [0.15, 0.2) is 60.9 Å². The minimum atomic E-state index is -0.105. The molecule has 0 atom stereocenters. The molecule has 7 heteroatoms. The van der Waals surface area contributed by atoms with E-state index in [1.54, 1.807) is 6.33 Å². The molecule has 1 fully saturated rings. The molecule has 0 unspecified atom stereocenters. The number of benzene rings is 2. The topological polar surface area (TPSA) is 75.6 Å². The van der Waals surface area contributed by atoms with Gasteiger partial charge in [0.25, 0.3) is 5.91 Å². The number of nitrogens with zero attached hydrogens (tertiary/aromatic N) is 4. The maximum atomic E-state index is 13.3. The average Bonchev–Trinajstić information content (AvgIpc) is 2.93. The number of aromatic nitrogens is 2. The predicted molar refractivity (Wildman–Crippen MR) is 134 cm³/mol. The van der Waals surface area contributed by atoms with Crippen molar-refractivity contribution in [2.24, 2.45) is 5.92 Å². The van der Waals surface area contributed by atoms with Gasteiger partial charge in [0.2, 0.25) is 0 Å². The van der Waals surface area contributed by atoms with Gasteiger partial charge < -0.3 is 14.5 Å². The molecule has 2 aromatic carbocycles. The van der Waals surface area contributed by atoms with Crippen molar-refractivity contribution in [2.45, 2.75) is 32.7 Å². The van der Waals surface area contributed by atoms with Gasteiger partial charge in [-0.1, -0.05) is 42.5 Å². The van der Waals surface area contributed by atoms with Crippen LogP contribution in [0.1, 0.15) is 41.4 Å². The molecule has 0 saturated carbocycles. The number of carbonyl (C=O) groups is 2. The molecule has 0 radical (unpaired) electrons. The molecular formula is C28H30N4O3. The summed E-state index contributed by atoms with van der Waals surface area (Å²) in [5.41, 5.74) is 4.93. The largest absolute Gasteiger partial charge is 0.466 e. The summed E-state index contributed by atoms with van der Waals surface area (Å²) in [5.74, 6) is 0.744. The highest BCUT2D eigenvalue weighted by Gasteiger charge is 2.31. The summed E-state index contributed by atoms with van der Waals surface area (Å²) >= 11 is 0. The highest BCUT2D eigenvalue weighted by atomic mass is 16.5. The molecule has 35 heavy (non-hydrogen) atoms. The second kappa shape index (κ2) is 10.3. The lowest BCUT2D eigenvalue weighted by atomic mass is 9.96. The summed E-state index contributed by atoms with van der Waals surface area (Å²) in [6.07, 6.45) is 3.81. The van der Waals surface area contributed by atoms with E-state index < -0.39 is 0 Å². The van der Waals surface area contributed by atoms with E-state index in [1.165, 1.54) is 0 Å². The Morgan fingerprint density at radius 3 is 2.37 bits per heavy atom. The highest BCUT2D eigenvalue weighted by Crippen LogP contribution is 2.30. The SMILES string of the molecule is CCOC(=O)C1CCN(c2ncnc3c2CN(C(=O)c2ccc(-c4ccccc4)cc2)CC3)CC1. The van der Waals surface area contributed by atoms with Crippen LogP contribution in [-0.4, -0.2) is 53.0 Å². The van der Waals surface area contributed by atoms with E-state index in [9.17, 15) is 9.59 Å². The molecular weight excluding hydrogens is 440 g/mol. The van der Waals surface area contributed by atoms with E-state index in [0.717, 1.165) is 54.1 Å². The number of rotatable bonds is 5. The van der Waals surface area contributed by atoms with Crippen LogP contribution in [0.5, 0.6) is 0 Å². The van der Waals surface area contributed by atoms with Crippen LogP contribution >= 0.6 is 0 Å². The van der Waals surface area contributed by atoms with Gasteiger partial charge >= 0.3 is 5.97 Å². The average molecular weight is 471 g/mol. The van der Waals surface area contributed by atoms with E-state index in [1.807, 2.05) is 54.3 Å². The number of hydrogen-bond donors (Lipinski definition) is 0. The van der Waals surface area contributed by atoms with Crippen LogP contribution in [0.25, 0.3) is 11.1 Å². The molecule has 7 nitrogen and oxygen atoms in total. The van der Waals surface area contributed by atoms with Gasteiger partial charge in [0.1, 0.15) is 12.1 Å². The van der Waals surface area contributed by atoms with Crippen molar-refractivity contribution in [3.05, 3.63) is 77.7 Å². The minimum absolute atomic E-state index is 0.0195. The second-order valence-electron chi connectivity index (χ2n) is 9.06. The summed E-state index contributed by atoms with van der Waals surface area (Å²) < 4.78 is 5.20. The Labute approximate surface area is 205 Å². The normalized spacial score (nSPS) is 16.0.